The Morgan fingerprint density at radius 3 is 2.00 bits per heavy atom. The SMILES string of the molecule is C[C@@H]1CNC[C@H](C)N1[C@@H]1CNC[C@H]1O.Cl. The molecular formula is C10H22ClN3O. The largest absolute Gasteiger partial charge is 0.390 e. The van der Waals surface area contributed by atoms with E-state index >= 15 is 0 Å². The Balaban J connectivity index is 0.00000112. The van der Waals surface area contributed by atoms with Gasteiger partial charge < -0.3 is 15.7 Å². The highest BCUT2D eigenvalue weighted by Gasteiger charge is 2.37. The van der Waals surface area contributed by atoms with Crippen LogP contribution in [-0.2, 0) is 0 Å². The summed E-state index contributed by atoms with van der Waals surface area (Å²) in [5.41, 5.74) is 0. The second-order valence-corrected chi connectivity index (χ2v) is 4.60. The molecule has 0 aliphatic carbocycles. The molecule has 90 valence electrons. The second-order valence-electron chi connectivity index (χ2n) is 4.60. The standard InChI is InChI=1S/C10H21N3O.ClH/c1-7-3-11-4-8(2)13(7)9-5-12-6-10(9)14;/h7-12,14H,3-6H2,1-2H3;1H/t7-,8+,9-,10-;/m1./s1. The van der Waals surface area contributed by atoms with Crippen molar-refractivity contribution < 1.29 is 5.11 Å². The molecule has 4 atom stereocenters. The number of hydrogen-bond acceptors (Lipinski definition) is 4. The minimum atomic E-state index is -0.196. The Kier molecular flexibility index (Phi) is 4.80. The van der Waals surface area contributed by atoms with Crippen LogP contribution >= 0.6 is 12.4 Å². The highest BCUT2D eigenvalue weighted by molar-refractivity contribution is 5.85. The molecular weight excluding hydrogens is 214 g/mol. The first-order valence-corrected chi connectivity index (χ1v) is 5.57. The van der Waals surface area contributed by atoms with Crippen LogP contribution in [0.2, 0.25) is 0 Å². The number of aliphatic hydroxyl groups excluding tert-OH is 1. The van der Waals surface area contributed by atoms with Crippen molar-refractivity contribution in [2.45, 2.75) is 38.1 Å². The minimum Gasteiger partial charge on any atom is -0.390 e. The molecule has 0 unspecified atom stereocenters. The maximum atomic E-state index is 9.85. The fourth-order valence-electron chi connectivity index (χ4n) is 2.76. The molecule has 0 spiro atoms. The molecule has 2 fully saturated rings. The molecule has 15 heavy (non-hydrogen) atoms. The normalized spacial score (nSPS) is 42.6. The number of β-amino-alcohol motifs (C(OH)–C–C–N with tert-alkyl or cyclic N) is 1. The molecule has 3 N–H and O–H groups in total. The van der Waals surface area contributed by atoms with E-state index in [4.69, 9.17) is 0 Å². The first-order chi connectivity index (χ1) is 6.70. The lowest BCUT2D eigenvalue weighted by Gasteiger charge is -2.44. The van der Waals surface area contributed by atoms with Crippen LogP contribution in [0, 0.1) is 0 Å². The maximum Gasteiger partial charge on any atom is 0.0832 e. The topological polar surface area (TPSA) is 47.5 Å². The first-order valence-electron chi connectivity index (χ1n) is 5.57. The number of hydrogen-bond donors (Lipinski definition) is 3. The van der Waals surface area contributed by atoms with E-state index in [1.807, 2.05) is 0 Å². The molecule has 2 aliphatic heterocycles. The van der Waals surface area contributed by atoms with Crippen molar-refractivity contribution in [1.82, 2.24) is 15.5 Å². The van der Waals surface area contributed by atoms with E-state index in [-0.39, 0.29) is 18.5 Å². The zero-order chi connectivity index (χ0) is 10.1. The summed E-state index contributed by atoms with van der Waals surface area (Å²) < 4.78 is 0. The van der Waals surface area contributed by atoms with Crippen LogP contribution in [0.4, 0.5) is 0 Å². The molecule has 2 rings (SSSR count). The lowest BCUT2D eigenvalue weighted by atomic mass is 10.0. The lowest BCUT2D eigenvalue weighted by molar-refractivity contribution is 0.0162. The third-order valence-corrected chi connectivity index (χ3v) is 3.43. The van der Waals surface area contributed by atoms with Gasteiger partial charge in [-0.1, -0.05) is 0 Å². The monoisotopic (exact) mass is 235 g/mol. The van der Waals surface area contributed by atoms with Crippen LogP contribution in [0.15, 0.2) is 0 Å². The summed E-state index contributed by atoms with van der Waals surface area (Å²) in [6.07, 6.45) is -0.196. The highest BCUT2D eigenvalue weighted by atomic mass is 35.5. The average molecular weight is 236 g/mol. The molecule has 0 aromatic carbocycles. The van der Waals surface area contributed by atoms with Gasteiger partial charge in [-0.3, -0.25) is 4.90 Å². The summed E-state index contributed by atoms with van der Waals surface area (Å²) in [5, 5.41) is 16.5. The number of nitrogens with zero attached hydrogens (tertiary/aromatic N) is 1. The van der Waals surface area contributed by atoms with Gasteiger partial charge in [-0.05, 0) is 13.8 Å². The predicted octanol–water partition coefficient (Wildman–Crippen LogP) is -0.577. The quantitative estimate of drug-likeness (QED) is 0.570. The summed E-state index contributed by atoms with van der Waals surface area (Å²) in [7, 11) is 0. The highest BCUT2D eigenvalue weighted by Crippen LogP contribution is 2.18. The third-order valence-electron chi connectivity index (χ3n) is 3.43. The van der Waals surface area contributed by atoms with Crippen molar-refractivity contribution in [3.05, 3.63) is 0 Å². The summed E-state index contributed by atoms with van der Waals surface area (Å²) in [6, 6.07) is 1.36. The van der Waals surface area contributed by atoms with Crippen LogP contribution in [0.1, 0.15) is 13.8 Å². The van der Waals surface area contributed by atoms with E-state index in [2.05, 4.69) is 29.4 Å². The molecule has 0 aromatic heterocycles. The number of nitrogens with one attached hydrogen (secondary N) is 2. The Labute approximate surface area is 97.8 Å². The smallest absolute Gasteiger partial charge is 0.0832 e. The van der Waals surface area contributed by atoms with Crippen molar-refractivity contribution in [1.29, 1.82) is 0 Å². The van der Waals surface area contributed by atoms with Crippen molar-refractivity contribution in [3.8, 4) is 0 Å². The molecule has 0 aromatic rings. The van der Waals surface area contributed by atoms with Crippen LogP contribution in [-0.4, -0.2) is 60.4 Å². The van der Waals surface area contributed by atoms with Gasteiger partial charge in [-0.25, -0.2) is 0 Å². The zero-order valence-electron chi connectivity index (χ0n) is 9.44. The van der Waals surface area contributed by atoms with Gasteiger partial charge in [0.1, 0.15) is 0 Å². The van der Waals surface area contributed by atoms with Crippen LogP contribution < -0.4 is 10.6 Å². The van der Waals surface area contributed by atoms with Crippen LogP contribution in [0.25, 0.3) is 0 Å². The molecule has 0 bridgehead atoms. The Hall–Kier alpha value is 0.130. The van der Waals surface area contributed by atoms with E-state index < -0.39 is 0 Å². The van der Waals surface area contributed by atoms with Gasteiger partial charge in [-0.2, -0.15) is 0 Å². The van der Waals surface area contributed by atoms with E-state index in [9.17, 15) is 5.11 Å². The van der Waals surface area contributed by atoms with Crippen molar-refractivity contribution in [2.24, 2.45) is 0 Å². The van der Waals surface area contributed by atoms with E-state index in [0.29, 0.717) is 18.1 Å². The molecule has 0 radical (unpaired) electrons. The summed E-state index contributed by atoms with van der Waals surface area (Å²) in [6.45, 7) is 8.20. The Bertz CT molecular complexity index is 195. The molecule has 0 saturated carbocycles. The number of piperazine rings is 1. The average Bonchev–Trinajstić information content (AvgIpc) is 2.52. The fourth-order valence-corrected chi connectivity index (χ4v) is 2.76. The molecule has 2 heterocycles. The fraction of sp³-hybridized carbons (Fsp3) is 1.00. The molecule has 5 heteroatoms. The van der Waals surface area contributed by atoms with Gasteiger partial charge >= 0.3 is 0 Å². The first kappa shape index (κ1) is 13.2. The van der Waals surface area contributed by atoms with Crippen molar-refractivity contribution in [3.63, 3.8) is 0 Å². The second kappa shape index (κ2) is 5.46. The van der Waals surface area contributed by atoms with Crippen LogP contribution in [0.3, 0.4) is 0 Å². The van der Waals surface area contributed by atoms with Gasteiger partial charge in [0, 0.05) is 44.3 Å². The van der Waals surface area contributed by atoms with Gasteiger partial charge in [0.2, 0.25) is 0 Å². The van der Waals surface area contributed by atoms with Gasteiger partial charge in [0.15, 0.2) is 0 Å². The summed E-state index contributed by atoms with van der Waals surface area (Å²) >= 11 is 0. The van der Waals surface area contributed by atoms with Gasteiger partial charge in [-0.15, -0.1) is 12.4 Å². The van der Waals surface area contributed by atoms with E-state index in [1.54, 1.807) is 0 Å². The number of aliphatic hydroxyl groups is 1. The molecule has 0 amide bonds. The molecule has 4 nitrogen and oxygen atoms in total. The number of halogens is 1. The van der Waals surface area contributed by atoms with Crippen LogP contribution in [0.5, 0.6) is 0 Å². The number of rotatable bonds is 1. The van der Waals surface area contributed by atoms with Gasteiger partial charge in [0.25, 0.3) is 0 Å². The van der Waals surface area contributed by atoms with E-state index in [1.165, 1.54) is 0 Å². The predicted molar refractivity (Wildman–Crippen MR) is 63.5 cm³/mol. The Morgan fingerprint density at radius 1 is 1.00 bits per heavy atom. The maximum absolute atomic E-state index is 9.85. The summed E-state index contributed by atoms with van der Waals surface area (Å²) in [5.74, 6) is 0. The van der Waals surface area contributed by atoms with E-state index in [0.717, 1.165) is 26.2 Å². The van der Waals surface area contributed by atoms with Crippen molar-refractivity contribution >= 4 is 12.4 Å². The lowest BCUT2D eigenvalue weighted by Crippen LogP contribution is -2.61. The molecule has 2 saturated heterocycles. The third kappa shape index (κ3) is 2.63. The Morgan fingerprint density at radius 2 is 1.53 bits per heavy atom. The summed E-state index contributed by atoms with van der Waals surface area (Å²) in [4.78, 5) is 2.46. The minimum absolute atomic E-state index is 0. The van der Waals surface area contributed by atoms with Gasteiger partial charge in [0.05, 0.1) is 6.10 Å². The van der Waals surface area contributed by atoms with Crippen molar-refractivity contribution in [2.75, 3.05) is 26.2 Å². The molecule has 2 aliphatic rings. The zero-order valence-corrected chi connectivity index (χ0v) is 10.3.